The number of hydrogen-bond donors (Lipinski definition) is 4. The van der Waals surface area contributed by atoms with Gasteiger partial charge in [0.15, 0.2) is 18.4 Å². The van der Waals surface area contributed by atoms with E-state index in [0.29, 0.717) is 18.3 Å². The zero-order chi connectivity index (χ0) is 22.4. The number of ketones is 1. The highest BCUT2D eigenvalue weighted by molar-refractivity contribution is 6.37. The van der Waals surface area contributed by atoms with Gasteiger partial charge in [0.1, 0.15) is 0 Å². The second-order valence-corrected chi connectivity index (χ2v) is 7.30. The summed E-state index contributed by atoms with van der Waals surface area (Å²) in [5.74, 6) is -0.539. The van der Waals surface area contributed by atoms with Crippen LogP contribution in [0.3, 0.4) is 0 Å². The van der Waals surface area contributed by atoms with Gasteiger partial charge in [0.2, 0.25) is 0 Å². The van der Waals surface area contributed by atoms with Crippen LogP contribution >= 0.6 is 0 Å². The third-order valence-corrected chi connectivity index (χ3v) is 5.32. The van der Waals surface area contributed by atoms with Crippen LogP contribution in [0.5, 0.6) is 0 Å². The number of rotatable bonds is 3. The third kappa shape index (κ3) is 2.93. The molecule has 0 unspecified atom stereocenters. The van der Waals surface area contributed by atoms with E-state index in [1.807, 2.05) is 19.1 Å². The van der Waals surface area contributed by atoms with E-state index in [1.54, 1.807) is 12.1 Å². The maximum atomic E-state index is 13.4. The summed E-state index contributed by atoms with van der Waals surface area (Å²) in [7, 11) is 0. The lowest BCUT2D eigenvalue weighted by molar-refractivity contribution is 0.103. The summed E-state index contributed by atoms with van der Waals surface area (Å²) in [4.78, 5) is 41.2. The van der Waals surface area contributed by atoms with Gasteiger partial charge in [0, 0.05) is 33.6 Å². The molecule has 3 aromatic rings. The number of benzene rings is 3. The predicted molar refractivity (Wildman–Crippen MR) is 121 cm³/mol. The molecule has 1 aliphatic carbocycles. The molecule has 8 N–H and O–H groups in total. The molecule has 0 aliphatic heterocycles. The molecular formula is C23H19N5O3. The van der Waals surface area contributed by atoms with Crippen LogP contribution in [0.15, 0.2) is 41.4 Å². The van der Waals surface area contributed by atoms with Crippen LogP contribution in [-0.2, 0) is 0 Å². The highest BCUT2D eigenvalue weighted by atomic mass is 16.1. The normalized spacial score (nSPS) is 13.6. The number of nitrogens with two attached hydrogens (primary N) is 4. The van der Waals surface area contributed by atoms with E-state index in [-0.39, 0.29) is 61.8 Å². The molecule has 0 atom stereocenters. The van der Waals surface area contributed by atoms with Crippen LogP contribution in [0.4, 0.5) is 28.4 Å². The van der Waals surface area contributed by atoms with E-state index in [1.165, 1.54) is 12.1 Å². The van der Waals surface area contributed by atoms with Gasteiger partial charge in [-0.3, -0.25) is 14.4 Å². The average molecular weight is 413 g/mol. The Bertz CT molecular complexity index is 1320. The number of aldehydes is 2. The van der Waals surface area contributed by atoms with Gasteiger partial charge >= 0.3 is 0 Å². The summed E-state index contributed by atoms with van der Waals surface area (Å²) in [5, 5.41) is 0. The minimum atomic E-state index is -0.539. The van der Waals surface area contributed by atoms with Crippen molar-refractivity contribution < 1.29 is 14.4 Å². The molecule has 31 heavy (non-hydrogen) atoms. The Balaban J connectivity index is 2.18. The van der Waals surface area contributed by atoms with Gasteiger partial charge in [-0.1, -0.05) is 17.7 Å². The van der Waals surface area contributed by atoms with Crippen LogP contribution in [0, 0.1) is 6.92 Å². The maximum absolute atomic E-state index is 13.4. The van der Waals surface area contributed by atoms with Crippen molar-refractivity contribution in [1.82, 2.24) is 0 Å². The first-order valence-electron chi connectivity index (χ1n) is 9.33. The fourth-order valence-corrected chi connectivity index (χ4v) is 3.77. The van der Waals surface area contributed by atoms with Gasteiger partial charge in [-0.2, -0.15) is 0 Å². The Labute approximate surface area is 177 Å². The molecule has 8 heteroatoms. The molecule has 154 valence electrons. The van der Waals surface area contributed by atoms with E-state index in [9.17, 15) is 14.4 Å². The molecule has 0 amide bonds. The van der Waals surface area contributed by atoms with Gasteiger partial charge < -0.3 is 22.9 Å². The number of anilines is 4. The van der Waals surface area contributed by atoms with Crippen LogP contribution in [-0.4, -0.2) is 24.1 Å². The van der Waals surface area contributed by atoms with Crippen molar-refractivity contribution in [3.63, 3.8) is 0 Å². The molecule has 4 rings (SSSR count). The van der Waals surface area contributed by atoms with Gasteiger partial charge in [-0.25, -0.2) is 4.99 Å². The highest BCUT2D eigenvalue weighted by Gasteiger charge is 2.36. The second-order valence-electron chi connectivity index (χ2n) is 7.30. The highest BCUT2D eigenvalue weighted by Crippen LogP contribution is 2.42. The van der Waals surface area contributed by atoms with Crippen LogP contribution < -0.4 is 22.9 Å². The Kier molecular flexibility index (Phi) is 4.54. The Hall–Kier alpha value is -4.46. The summed E-state index contributed by atoms with van der Waals surface area (Å²) in [6.45, 7) is 1.94. The number of fused-ring (bicyclic) bond motifs is 2. The van der Waals surface area contributed by atoms with Crippen LogP contribution in [0.25, 0.3) is 0 Å². The topological polar surface area (TPSA) is 168 Å². The minimum Gasteiger partial charge on any atom is -0.398 e. The standard InChI is InChI=1S/C23H19N5O3/c1-10-2-4-13(5-3-10)28-22-16-14(24)6-12(9-30)21(27)19(16)23(31)17-15(25)7-11(8-29)20(26)18(17)22/h2-9H,24-27H2,1H3. The first-order chi connectivity index (χ1) is 14.8. The molecule has 0 spiro atoms. The number of nitrogens with zero attached hydrogens (tertiary/aromatic N) is 1. The minimum absolute atomic E-state index is 0.0242. The number of nitrogen functional groups attached to an aromatic ring is 4. The number of carbonyl (C=O) groups is 3. The average Bonchev–Trinajstić information content (AvgIpc) is 2.75. The molecule has 0 aromatic heterocycles. The van der Waals surface area contributed by atoms with Gasteiger partial charge in [0.25, 0.3) is 0 Å². The smallest absolute Gasteiger partial charge is 0.198 e. The molecule has 0 fully saturated rings. The zero-order valence-corrected chi connectivity index (χ0v) is 16.6. The van der Waals surface area contributed by atoms with Crippen molar-refractivity contribution >= 4 is 52.5 Å². The number of hydrogen-bond acceptors (Lipinski definition) is 8. The van der Waals surface area contributed by atoms with E-state index < -0.39 is 5.78 Å². The van der Waals surface area contributed by atoms with Crippen molar-refractivity contribution in [2.45, 2.75) is 6.92 Å². The van der Waals surface area contributed by atoms with Crippen LogP contribution in [0.1, 0.15) is 53.3 Å². The molecule has 0 heterocycles. The summed E-state index contributed by atoms with van der Waals surface area (Å²) in [6, 6.07) is 10.1. The third-order valence-electron chi connectivity index (χ3n) is 5.32. The molecule has 0 bridgehead atoms. The molecule has 8 nitrogen and oxygen atoms in total. The number of carbonyl (C=O) groups excluding carboxylic acids is 3. The van der Waals surface area contributed by atoms with Gasteiger partial charge in [-0.15, -0.1) is 0 Å². The molecule has 0 saturated heterocycles. The first kappa shape index (κ1) is 19.8. The lowest BCUT2D eigenvalue weighted by Gasteiger charge is -2.27. The van der Waals surface area contributed by atoms with Crippen molar-refractivity contribution in [2.24, 2.45) is 4.99 Å². The molecule has 0 radical (unpaired) electrons. The summed E-state index contributed by atoms with van der Waals surface area (Å²) >= 11 is 0. The lowest BCUT2D eigenvalue weighted by atomic mass is 9.78. The molecular weight excluding hydrogens is 394 g/mol. The zero-order valence-electron chi connectivity index (χ0n) is 16.6. The Morgan fingerprint density at radius 3 is 1.81 bits per heavy atom. The van der Waals surface area contributed by atoms with Crippen molar-refractivity contribution in [1.29, 1.82) is 0 Å². The van der Waals surface area contributed by atoms with E-state index >= 15 is 0 Å². The van der Waals surface area contributed by atoms with E-state index in [0.717, 1.165) is 5.56 Å². The lowest BCUT2D eigenvalue weighted by Crippen LogP contribution is -2.28. The quantitative estimate of drug-likeness (QED) is 0.296. The summed E-state index contributed by atoms with van der Waals surface area (Å²) in [5.41, 5.74) is 27.6. The van der Waals surface area contributed by atoms with Crippen LogP contribution in [0.2, 0.25) is 0 Å². The van der Waals surface area contributed by atoms with Crippen molar-refractivity contribution in [3.05, 3.63) is 75.3 Å². The largest absolute Gasteiger partial charge is 0.398 e. The van der Waals surface area contributed by atoms with Gasteiger partial charge in [0.05, 0.1) is 33.9 Å². The molecule has 0 saturated carbocycles. The SMILES string of the molecule is Cc1ccc(N=C2c3c(N)cc(C=O)c(N)c3C(=O)c3c(N)cc(C=O)c(N)c32)cc1. The first-order valence-corrected chi connectivity index (χ1v) is 9.33. The predicted octanol–water partition coefficient (Wildman–Crippen LogP) is 2.66. The van der Waals surface area contributed by atoms with Crippen molar-refractivity contribution in [3.8, 4) is 0 Å². The van der Waals surface area contributed by atoms with Gasteiger partial charge in [-0.05, 0) is 31.2 Å². The number of aliphatic imine (C=N–C) groups is 1. The number of aryl methyl sites for hydroxylation is 1. The van der Waals surface area contributed by atoms with E-state index in [2.05, 4.69) is 0 Å². The fraction of sp³-hybridized carbons (Fsp3) is 0.0435. The summed E-state index contributed by atoms with van der Waals surface area (Å²) in [6.07, 6.45) is 1.08. The maximum Gasteiger partial charge on any atom is 0.198 e. The molecule has 3 aromatic carbocycles. The second kappa shape index (κ2) is 7.10. The van der Waals surface area contributed by atoms with Crippen molar-refractivity contribution in [2.75, 3.05) is 22.9 Å². The Morgan fingerprint density at radius 2 is 1.26 bits per heavy atom. The summed E-state index contributed by atoms with van der Waals surface area (Å²) < 4.78 is 0. The van der Waals surface area contributed by atoms with E-state index in [4.69, 9.17) is 27.9 Å². The monoisotopic (exact) mass is 413 g/mol. The Morgan fingerprint density at radius 1 is 0.742 bits per heavy atom. The molecule has 1 aliphatic rings. The fourth-order valence-electron chi connectivity index (χ4n) is 3.77.